The number of aromatic nitrogens is 1. The maximum absolute atomic E-state index is 11.0. The number of carbonyl (C=O) groups excluding carboxylic acids is 1. The van der Waals surface area contributed by atoms with E-state index in [0.29, 0.717) is 11.3 Å². The quantitative estimate of drug-likeness (QED) is 0.654. The number of oxazole rings is 1. The summed E-state index contributed by atoms with van der Waals surface area (Å²) >= 11 is 0. The number of carbonyl (C=O) groups is 1. The van der Waals surface area contributed by atoms with Crippen molar-refractivity contribution in [1.82, 2.24) is 4.98 Å². The fourth-order valence-electron chi connectivity index (χ4n) is 1.47. The Morgan fingerprint density at radius 3 is 2.44 bits per heavy atom. The van der Waals surface area contributed by atoms with Crippen molar-refractivity contribution in [3.63, 3.8) is 0 Å². The molecule has 0 fully saturated rings. The third-order valence-electron chi connectivity index (χ3n) is 2.36. The predicted molar refractivity (Wildman–Crippen MR) is 61.8 cm³/mol. The molecule has 0 saturated carbocycles. The van der Waals surface area contributed by atoms with Crippen LogP contribution in [0.15, 0.2) is 28.7 Å². The molecule has 0 spiro atoms. The SMILES string of the molecule is Cc1oc(-c2ccc([N+](=O)[O-])cc2)nc1C(N)=O. The molecule has 92 valence electrons. The molecular weight excluding hydrogens is 238 g/mol. The van der Waals surface area contributed by atoms with Gasteiger partial charge in [0.15, 0.2) is 5.69 Å². The lowest BCUT2D eigenvalue weighted by Gasteiger charge is -1.94. The molecule has 7 heteroatoms. The van der Waals surface area contributed by atoms with Gasteiger partial charge < -0.3 is 10.2 Å². The molecule has 1 aromatic heterocycles. The van der Waals surface area contributed by atoms with Gasteiger partial charge in [-0.2, -0.15) is 0 Å². The summed E-state index contributed by atoms with van der Waals surface area (Å²) in [6, 6.07) is 5.65. The second-order valence-corrected chi connectivity index (χ2v) is 3.59. The van der Waals surface area contributed by atoms with E-state index >= 15 is 0 Å². The molecule has 0 atom stereocenters. The molecule has 0 saturated heterocycles. The average Bonchev–Trinajstić information content (AvgIpc) is 2.71. The van der Waals surface area contributed by atoms with E-state index in [1.54, 1.807) is 6.92 Å². The van der Waals surface area contributed by atoms with Gasteiger partial charge in [-0.3, -0.25) is 14.9 Å². The Morgan fingerprint density at radius 1 is 1.39 bits per heavy atom. The van der Waals surface area contributed by atoms with Gasteiger partial charge in [0.1, 0.15) is 5.76 Å². The van der Waals surface area contributed by atoms with E-state index in [1.807, 2.05) is 0 Å². The summed E-state index contributed by atoms with van der Waals surface area (Å²) in [4.78, 5) is 25.0. The zero-order valence-electron chi connectivity index (χ0n) is 9.41. The zero-order valence-corrected chi connectivity index (χ0v) is 9.41. The standard InChI is InChI=1S/C11H9N3O4/c1-6-9(10(12)15)13-11(18-6)7-2-4-8(5-3-7)14(16)17/h2-5H,1H3,(H2,12,15). The summed E-state index contributed by atoms with van der Waals surface area (Å²) in [5.74, 6) is -0.156. The highest BCUT2D eigenvalue weighted by atomic mass is 16.6. The molecule has 1 aromatic carbocycles. The van der Waals surface area contributed by atoms with Crippen LogP contribution in [0.2, 0.25) is 0 Å². The number of nitrogens with zero attached hydrogens (tertiary/aromatic N) is 2. The Bertz CT molecular complexity index is 616. The minimum Gasteiger partial charge on any atom is -0.441 e. The van der Waals surface area contributed by atoms with Crippen LogP contribution < -0.4 is 5.73 Å². The van der Waals surface area contributed by atoms with Crippen molar-refractivity contribution in [2.45, 2.75) is 6.92 Å². The fraction of sp³-hybridized carbons (Fsp3) is 0.0909. The number of non-ortho nitro benzene ring substituents is 1. The Labute approximate surface area is 101 Å². The molecule has 0 radical (unpaired) electrons. The average molecular weight is 247 g/mol. The maximum Gasteiger partial charge on any atom is 0.270 e. The molecule has 0 unspecified atom stereocenters. The summed E-state index contributed by atoms with van der Waals surface area (Å²) in [6.45, 7) is 1.57. The fourth-order valence-corrected chi connectivity index (χ4v) is 1.47. The van der Waals surface area contributed by atoms with Crippen LogP contribution in [0, 0.1) is 17.0 Å². The predicted octanol–water partition coefficient (Wildman–Crippen LogP) is 1.66. The molecule has 0 aliphatic carbocycles. The molecule has 2 aromatic rings. The maximum atomic E-state index is 11.0. The second kappa shape index (κ2) is 4.28. The zero-order chi connectivity index (χ0) is 13.3. The number of aryl methyl sites for hydroxylation is 1. The number of amides is 1. The van der Waals surface area contributed by atoms with Crippen molar-refractivity contribution in [2.75, 3.05) is 0 Å². The minimum absolute atomic E-state index is 0.0304. The smallest absolute Gasteiger partial charge is 0.270 e. The van der Waals surface area contributed by atoms with Crippen molar-refractivity contribution in [2.24, 2.45) is 5.73 Å². The van der Waals surface area contributed by atoms with Gasteiger partial charge in [-0.05, 0) is 19.1 Å². The summed E-state index contributed by atoms with van der Waals surface area (Å²) in [5.41, 5.74) is 5.69. The molecule has 7 nitrogen and oxygen atoms in total. The summed E-state index contributed by atoms with van der Waals surface area (Å²) in [7, 11) is 0. The Hall–Kier alpha value is -2.70. The lowest BCUT2D eigenvalue weighted by Crippen LogP contribution is -2.12. The monoisotopic (exact) mass is 247 g/mol. The molecular formula is C11H9N3O4. The molecule has 0 bridgehead atoms. The van der Waals surface area contributed by atoms with Gasteiger partial charge in [-0.1, -0.05) is 0 Å². The lowest BCUT2D eigenvalue weighted by molar-refractivity contribution is -0.384. The van der Waals surface area contributed by atoms with Crippen molar-refractivity contribution >= 4 is 11.6 Å². The van der Waals surface area contributed by atoms with E-state index in [-0.39, 0.29) is 17.3 Å². The summed E-state index contributed by atoms with van der Waals surface area (Å²) < 4.78 is 5.28. The van der Waals surface area contributed by atoms with Gasteiger partial charge in [0, 0.05) is 17.7 Å². The molecule has 2 N–H and O–H groups in total. The highest BCUT2D eigenvalue weighted by molar-refractivity contribution is 5.92. The first-order chi connectivity index (χ1) is 8.49. The van der Waals surface area contributed by atoms with Crippen LogP contribution >= 0.6 is 0 Å². The largest absolute Gasteiger partial charge is 0.441 e. The van der Waals surface area contributed by atoms with Crippen LogP contribution in [0.4, 0.5) is 5.69 Å². The van der Waals surface area contributed by atoms with Crippen LogP contribution in [-0.2, 0) is 0 Å². The summed E-state index contributed by atoms with van der Waals surface area (Å²) in [6.07, 6.45) is 0. The van der Waals surface area contributed by atoms with E-state index in [2.05, 4.69) is 4.98 Å². The number of nitro benzene ring substituents is 1. The normalized spacial score (nSPS) is 10.3. The number of benzene rings is 1. The molecule has 18 heavy (non-hydrogen) atoms. The first kappa shape index (κ1) is 11.8. The highest BCUT2D eigenvalue weighted by Crippen LogP contribution is 2.23. The van der Waals surface area contributed by atoms with E-state index < -0.39 is 10.8 Å². The first-order valence-electron chi connectivity index (χ1n) is 5.01. The molecule has 1 heterocycles. The van der Waals surface area contributed by atoms with Gasteiger partial charge in [0.2, 0.25) is 5.89 Å². The van der Waals surface area contributed by atoms with E-state index in [1.165, 1.54) is 24.3 Å². The Morgan fingerprint density at radius 2 is 2.00 bits per heavy atom. The Balaban J connectivity index is 2.40. The van der Waals surface area contributed by atoms with E-state index in [9.17, 15) is 14.9 Å². The van der Waals surface area contributed by atoms with Crippen LogP contribution in [-0.4, -0.2) is 15.8 Å². The third kappa shape index (κ3) is 2.05. The van der Waals surface area contributed by atoms with Crippen LogP contribution in [0.3, 0.4) is 0 Å². The van der Waals surface area contributed by atoms with Gasteiger partial charge in [0.25, 0.3) is 11.6 Å². The molecule has 0 aliphatic rings. The minimum atomic E-state index is -0.676. The van der Waals surface area contributed by atoms with E-state index in [0.717, 1.165) is 0 Å². The number of hydrogen-bond donors (Lipinski definition) is 1. The van der Waals surface area contributed by atoms with Gasteiger partial charge in [0.05, 0.1) is 4.92 Å². The van der Waals surface area contributed by atoms with Gasteiger partial charge in [-0.15, -0.1) is 0 Å². The lowest BCUT2D eigenvalue weighted by atomic mass is 10.2. The first-order valence-corrected chi connectivity index (χ1v) is 5.01. The molecule has 2 rings (SSSR count). The number of nitro groups is 1. The molecule has 0 aliphatic heterocycles. The number of primary amides is 1. The van der Waals surface area contributed by atoms with Crippen LogP contribution in [0.5, 0.6) is 0 Å². The van der Waals surface area contributed by atoms with Crippen molar-refractivity contribution in [3.05, 3.63) is 45.8 Å². The topological polar surface area (TPSA) is 112 Å². The highest BCUT2D eigenvalue weighted by Gasteiger charge is 2.16. The van der Waals surface area contributed by atoms with Crippen molar-refractivity contribution in [1.29, 1.82) is 0 Å². The van der Waals surface area contributed by atoms with Crippen molar-refractivity contribution in [3.8, 4) is 11.5 Å². The molecule has 1 amide bonds. The van der Waals surface area contributed by atoms with E-state index in [4.69, 9.17) is 10.2 Å². The van der Waals surface area contributed by atoms with Gasteiger partial charge in [-0.25, -0.2) is 4.98 Å². The second-order valence-electron chi connectivity index (χ2n) is 3.59. The van der Waals surface area contributed by atoms with Gasteiger partial charge >= 0.3 is 0 Å². The van der Waals surface area contributed by atoms with Crippen LogP contribution in [0.25, 0.3) is 11.5 Å². The van der Waals surface area contributed by atoms with Crippen LogP contribution in [0.1, 0.15) is 16.2 Å². The number of rotatable bonds is 3. The third-order valence-corrected chi connectivity index (χ3v) is 2.36. The Kier molecular flexibility index (Phi) is 2.80. The number of nitrogens with two attached hydrogens (primary N) is 1. The summed E-state index contributed by atoms with van der Waals surface area (Å²) in [5, 5.41) is 10.5. The van der Waals surface area contributed by atoms with Crippen molar-refractivity contribution < 1.29 is 14.1 Å². The number of hydrogen-bond acceptors (Lipinski definition) is 5.